The van der Waals surface area contributed by atoms with E-state index in [1.807, 2.05) is 30.3 Å². The largest absolute Gasteiger partial charge is 0.457 e. The van der Waals surface area contributed by atoms with Gasteiger partial charge in [-0.15, -0.1) is 0 Å². The lowest BCUT2D eigenvalue weighted by atomic mass is 10.0. The van der Waals surface area contributed by atoms with Gasteiger partial charge in [-0.1, -0.05) is 46.3 Å². The van der Waals surface area contributed by atoms with Gasteiger partial charge in [0.05, 0.1) is 11.2 Å². The Bertz CT molecular complexity index is 450. The molecule has 0 spiro atoms. The number of alkyl halides is 1. The molecule has 0 aromatic heterocycles. The molecule has 1 N–H and O–H groups in total. The maximum atomic E-state index is 11.1. The van der Waals surface area contributed by atoms with E-state index in [-0.39, 0.29) is 23.3 Å². The number of rotatable bonds is 2. The third kappa shape index (κ3) is 1.96. The van der Waals surface area contributed by atoms with Gasteiger partial charge in [0.25, 0.3) is 0 Å². The van der Waals surface area contributed by atoms with Crippen molar-refractivity contribution in [3.05, 3.63) is 35.9 Å². The first-order valence-corrected chi connectivity index (χ1v) is 6.80. The molecule has 2 heterocycles. The minimum atomic E-state index is -0.786. The third-order valence-corrected chi connectivity index (χ3v) is 4.46. The van der Waals surface area contributed by atoms with Gasteiger partial charge in [0.15, 0.2) is 6.10 Å². The van der Waals surface area contributed by atoms with Gasteiger partial charge in [0.2, 0.25) is 0 Å². The second kappa shape index (κ2) is 4.64. The van der Waals surface area contributed by atoms with Crippen molar-refractivity contribution in [3.63, 3.8) is 0 Å². The molecule has 2 aliphatic heterocycles. The van der Waals surface area contributed by atoms with Crippen LogP contribution < -0.4 is 0 Å². The van der Waals surface area contributed by atoms with Gasteiger partial charge in [-0.2, -0.15) is 0 Å². The number of carbonyl (C=O) groups is 1. The van der Waals surface area contributed by atoms with E-state index in [0.29, 0.717) is 0 Å². The Morgan fingerprint density at radius 3 is 2.72 bits per heavy atom. The first-order chi connectivity index (χ1) is 8.66. The Balaban J connectivity index is 1.77. The summed E-state index contributed by atoms with van der Waals surface area (Å²) in [6.45, 7) is 0. The zero-order chi connectivity index (χ0) is 12.7. The van der Waals surface area contributed by atoms with Gasteiger partial charge in [0.1, 0.15) is 18.3 Å². The number of aliphatic hydroxyl groups is 1. The molecular formula is C13H13BrO4. The first kappa shape index (κ1) is 12.1. The molecule has 3 rings (SSSR count). The molecule has 0 amide bonds. The van der Waals surface area contributed by atoms with Crippen molar-refractivity contribution >= 4 is 21.9 Å². The molecule has 0 bridgehead atoms. The van der Waals surface area contributed by atoms with Gasteiger partial charge >= 0.3 is 5.97 Å². The highest BCUT2D eigenvalue weighted by atomic mass is 79.9. The Morgan fingerprint density at radius 1 is 1.33 bits per heavy atom. The highest BCUT2D eigenvalue weighted by Gasteiger charge is 2.52. The van der Waals surface area contributed by atoms with Crippen molar-refractivity contribution in [3.8, 4) is 0 Å². The van der Waals surface area contributed by atoms with Gasteiger partial charge in [-0.25, -0.2) is 0 Å². The monoisotopic (exact) mass is 312 g/mol. The smallest absolute Gasteiger partial charge is 0.309 e. The summed E-state index contributed by atoms with van der Waals surface area (Å²) in [7, 11) is 0. The average Bonchev–Trinajstić information content (AvgIpc) is 2.88. The molecule has 0 saturated carbocycles. The molecule has 5 atom stereocenters. The second-order valence-corrected chi connectivity index (χ2v) is 5.59. The van der Waals surface area contributed by atoms with Crippen LogP contribution in [0.2, 0.25) is 0 Å². The number of hydrogen-bond acceptors (Lipinski definition) is 4. The Morgan fingerprint density at radius 2 is 2.06 bits per heavy atom. The fraction of sp³-hybridized carbons (Fsp3) is 0.462. The van der Waals surface area contributed by atoms with Crippen molar-refractivity contribution in [2.75, 3.05) is 0 Å². The summed E-state index contributed by atoms with van der Waals surface area (Å²) in [6.07, 6.45) is -1.79. The van der Waals surface area contributed by atoms with Crippen molar-refractivity contribution in [2.45, 2.75) is 35.7 Å². The maximum Gasteiger partial charge on any atom is 0.309 e. The number of fused-ring (bicyclic) bond motifs is 1. The zero-order valence-electron chi connectivity index (χ0n) is 9.53. The number of hydrogen-bond donors (Lipinski definition) is 1. The van der Waals surface area contributed by atoms with Gasteiger partial charge in [0, 0.05) is 0 Å². The molecule has 2 saturated heterocycles. The fourth-order valence-electron chi connectivity index (χ4n) is 2.51. The molecule has 18 heavy (non-hydrogen) atoms. The number of ether oxygens (including phenoxy) is 2. The summed E-state index contributed by atoms with van der Waals surface area (Å²) in [5.74, 6) is -0.298. The van der Waals surface area contributed by atoms with Crippen LogP contribution in [0.3, 0.4) is 0 Å². The molecule has 2 aliphatic rings. The Kier molecular flexibility index (Phi) is 3.13. The molecule has 0 radical (unpaired) electrons. The standard InChI is InChI=1S/C13H13BrO4/c14-10(7-4-2-1-3-5-7)13-11(16)12-8(17-13)6-9(15)18-12/h1-5,8,10-13,16H,6H2/t8-,10-,11-,12+,13-/m1/s1. The molecule has 1 aromatic carbocycles. The molecule has 4 nitrogen and oxygen atoms in total. The van der Waals surface area contributed by atoms with E-state index in [9.17, 15) is 9.90 Å². The highest BCUT2D eigenvalue weighted by Crippen LogP contribution is 2.40. The molecule has 96 valence electrons. The maximum absolute atomic E-state index is 11.1. The summed E-state index contributed by atoms with van der Waals surface area (Å²) in [5.41, 5.74) is 1.04. The van der Waals surface area contributed by atoms with Crippen molar-refractivity contribution in [1.29, 1.82) is 0 Å². The van der Waals surface area contributed by atoms with Crippen LogP contribution in [0.5, 0.6) is 0 Å². The summed E-state index contributed by atoms with van der Waals surface area (Å²) in [6, 6.07) is 9.74. The SMILES string of the molecule is O=C1C[C@H]2O[C@H]([C@H](Br)c3ccccc3)[C@H](O)[C@H]2O1. The van der Waals surface area contributed by atoms with E-state index in [4.69, 9.17) is 9.47 Å². The van der Waals surface area contributed by atoms with Crippen molar-refractivity contribution in [1.82, 2.24) is 0 Å². The van der Waals surface area contributed by atoms with Crippen LogP contribution in [0.15, 0.2) is 30.3 Å². The molecular weight excluding hydrogens is 300 g/mol. The molecule has 0 unspecified atom stereocenters. The van der Waals surface area contributed by atoms with Crippen LogP contribution >= 0.6 is 15.9 Å². The van der Waals surface area contributed by atoms with Crippen LogP contribution in [-0.2, 0) is 14.3 Å². The van der Waals surface area contributed by atoms with E-state index in [2.05, 4.69) is 15.9 Å². The van der Waals surface area contributed by atoms with E-state index in [1.165, 1.54) is 0 Å². The predicted molar refractivity (Wildman–Crippen MR) is 67.3 cm³/mol. The van der Waals surface area contributed by atoms with Crippen LogP contribution in [0.1, 0.15) is 16.8 Å². The van der Waals surface area contributed by atoms with Crippen LogP contribution in [0.25, 0.3) is 0 Å². The second-order valence-electron chi connectivity index (χ2n) is 4.60. The van der Waals surface area contributed by atoms with Gasteiger partial charge < -0.3 is 14.6 Å². The quantitative estimate of drug-likeness (QED) is 0.665. The lowest BCUT2D eigenvalue weighted by molar-refractivity contribution is -0.145. The summed E-state index contributed by atoms with van der Waals surface area (Å²) in [5, 5.41) is 10.2. The van der Waals surface area contributed by atoms with E-state index < -0.39 is 18.3 Å². The summed E-state index contributed by atoms with van der Waals surface area (Å²) < 4.78 is 10.8. The minimum absolute atomic E-state index is 0.113. The molecule has 1 aromatic rings. The first-order valence-electron chi connectivity index (χ1n) is 5.89. The Labute approximate surface area is 113 Å². The molecule has 0 aliphatic carbocycles. The van der Waals surface area contributed by atoms with E-state index in [0.717, 1.165) is 5.56 Å². The van der Waals surface area contributed by atoms with E-state index >= 15 is 0 Å². The average molecular weight is 313 g/mol. The lowest BCUT2D eigenvalue weighted by Crippen LogP contribution is -2.34. The molecule has 5 heteroatoms. The molecule has 2 fully saturated rings. The van der Waals surface area contributed by atoms with Gasteiger partial charge in [-0.05, 0) is 5.56 Å². The predicted octanol–water partition coefficient (Wildman–Crippen LogP) is 1.57. The van der Waals surface area contributed by atoms with Crippen molar-refractivity contribution in [2.24, 2.45) is 0 Å². The zero-order valence-corrected chi connectivity index (χ0v) is 11.1. The number of halogens is 1. The normalized spacial score (nSPS) is 36.2. The third-order valence-electron chi connectivity index (χ3n) is 3.41. The lowest BCUT2D eigenvalue weighted by Gasteiger charge is -2.22. The number of esters is 1. The summed E-state index contributed by atoms with van der Waals surface area (Å²) in [4.78, 5) is 11.0. The van der Waals surface area contributed by atoms with Crippen molar-refractivity contribution < 1.29 is 19.4 Å². The minimum Gasteiger partial charge on any atom is -0.457 e. The summed E-state index contributed by atoms with van der Waals surface area (Å²) >= 11 is 3.55. The fourth-order valence-corrected chi connectivity index (χ4v) is 3.25. The highest BCUT2D eigenvalue weighted by molar-refractivity contribution is 9.09. The van der Waals surface area contributed by atoms with Crippen LogP contribution in [0, 0.1) is 0 Å². The van der Waals surface area contributed by atoms with Crippen LogP contribution in [0.4, 0.5) is 0 Å². The Hall–Kier alpha value is -0.910. The number of carbonyl (C=O) groups excluding carboxylic acids is 1. The number of benzene rings is 1. The topological polar surface area (TPSA) is 55.8 Å². The number of aliphatic hydroxyl groups excluding tert-OH is 1. The van der Waals surface area contributed by atoms with Crippen LogP contribution in [-0.4, -0.2) is 35.5 Å². The van der Waals surface area contributed by atoms with E-state index in [1.54, 1.807) is 0 Å². The van der Waals surface area contributed by atoms with Gasteiger partial charge in [-0.3, -0.25) is 4.79 Å².